The van der Waals surface area contributed by atoms with Crippen LogP contribution in [0.2, 0.25) is 0 Å². The summed E-state index contributed by atoms with van der Waals surface area (Å²) in [5.41, 5.74) is 0.632. The summed E-state index contributed by atoms with van der Waals surface area (Å²) in [6.07, 6.45) is 6.59. The number of nitrogens with zero attached hydrogens (tertiary/aromatic N) is 5. The van der Waals surface area contributed by atoms with Crippen molar-refractivity contribution >= 4 is 27.5 Å². The Hall–Kier alpha value is -3.67. The van der Waals surface area contributed by atoms with Gasteiger partial charge in [-0.25, -0.2) is 8.78 Å². The van der Waals surface area contributed by atoms with E-state index in [1.807, 2.05) is 11.8 Å². The Morgan fingerprint density at radius 2 is 1.98 bits per heavy atom. The van der Waals surface area contributed by atoms with Gasteiger partial charge in [-0.05, 0) is 80.2 Å². The maximum Gasteiger partial charge on any atom is 0.319 e. The lowest BCUT2D eigenvalue weighted by molar-refractivity contribution is 0.0133. The number of phenolic OH excluding ortho intramolecular Hbond substituents is 1. The number of aliphatic hydroxyl groups is 1. The van der Waals surface area contributed by atoms with E-state index in [1.165, 1.54) is 24.4 Å². The van der Waals surface area contributed by atoms with E-state index >= 15 is 4.39 Å². The molecule has 3 fully saturated rings. The largest absolute Gasteiger partial charge is 0.508 e. The average Bonchev–Trinajstić information content (AvgIpc) is 3.35. The Morgan fingerprint density at radius 3 is 2.82 bits per heavy atom. The summed E-state index contributed by atoms with van der Waals surface area (Å²) in [4.78, 5) is 18.2. The van der Waals surface area contributed by atoms with Crippen LogP contribution in [-0.4, -0.2) is 88.7 Å². The number of phenols is 1. The van der Waals surface area contributed by atoms with Gasteiger partial charge < -0.3 is 29.5 Å². The highest BCUT2D eigenvalue weighted by molar-refractivity contribution is 6.01. The van der Waals surface area contributed by atoms with Gasteiger partial charge in [-0.2, -0.15) is 9.97 Å². The lowest BCUT2D eigenvalue weighted by atomic mass is 9.76. The molecule has 238 valence electrons. The fraction of sp³-hybridized carbons (Fsp3) is 0.500. The SMILES string of the molecule is CCc1c(F)ccc2cc(O)cc(-c3ncc4c(N5CCOCC(O)C5)nc(OCC56CCCC5N(C)CCC6)nc4c3F)c12. The monoisotopic (exact) mass is 619 g/mol. The first kappa shape index (κ1) is 30.0. The Morgan fingerprint density at radius 1 is 1.13 bits per heavy atom. The van der Waals surface area contributed by atoms with Crippen LogP contribution in [0.3, 0.4) is 0 Å². The quantitative estimate of drug-likeness (QED) is 0.300. The highest BCUT2D eigenvalue weighted by Gasteiger charge is 2.47. The van der Waals surface area contributed by atoms with Gasteiger partial charge in [-0.15, -0.1) is 0 Å². The number of rotatable bonds is 6. The highest BCUT2D eigenvalue weighted by atomic mass is 19.1. The van der Waals surface area contributed by atoms with Crippen molar-refractivity contribution in [2.45, 2.75) is 57.6 Å². The number of hydrogen-bond acceptors (Lipinski definition) is 9. The number of halogens is 2. The molecule has 3 atom stereocenters. The molecule has 1 saturated carbocycles. The number of likely N-dealkylation sites (tertiary alicyclic amines) is 1. The second kappa shape index (κ2) is 11.9. The van der Waals surface area contributed by atoms with E-state index < -0.39 is 17.7 Å². The molecule has 3 unspecified atom stereocenters. The van der Waals surface area contributed by atoms with Crippen molar-refractivity contribution in [3.8, 4) is 23.0 Å². The summed E-state index contributed by atoms with van der Waals surface area (Å²) in [6.45, 7) is 4.55. The van der Waals surface area contributed by atoms with E-state index in [0.717, 1.165) is 38.6 Å². The number of aromatic nitrogens is 3. The van der Waals surface area contributed by atoms with Gasteiger partial charge in [0, 0.05) is 36.3 Å². The number of aromatic hydroxyl groups is 1. The average molecular weight is 620 g/mol. The fourth-order valence-electron chi connectivity index (χ4n) is 7.92. The van der Waals surface area contributed by atoms with Crippen LogP contribution >= 0.6 is 0 Å². The Kier molecular flexibility index (Phi) is 7.95. The zero-order chi connectivity index (χ0) is 31.3. The number of aliphatic hydroxyl groups excluding tert-OH is 1. The number of ether oxygens (including phenoxy) is 2. The van der Waals surface area contributed by atoms with Gasteiger partial charge in [-0.3, -0.25) is 4.98 Å². The molecule has 0 radical (unpaired) electrons. The molecule has 2 N–H and O–H groups in total. The van der Waals surface area contributed by atoms with Gasteiger partial charge in [0.2, 0.25) is 0 Å². The molecule has 7 rings (SSSR count). The first-order chi connectivity index (χ1) is 21.8. The van der Waals surface area contributed by atoms with E-state index in [0.29, 0.717) is 59.8 Å². The smallest absolute Gasteiger partial charge is 0.319 e. The van der Waals surface area contributed by atoms with E-state index in [-0.39, 0.29) is 47.1 Å². The van der Waals surface area contributed by atoms with Crippen molar-refractivity contribution in [3.63, 3.8) is 0 Å². The third-order valence-corrected chi connectivity index (χ3v) is 10.0. The van der Waals surface area contributed by atoms with Crippen molar-refractivity contribution in [2.75, 3.05) is 51.4 Å². The normalized spacial score (nSPS) is 24.2. The van der Waals surface area contributed by atoms with E-state index in [9.17, 15) is 14.6 Å². The maximum absolute atomic E-state index is 16.8. The van der Waals surface area contributed by atoms with Crippen molar-refractivity contribution in [1.29, 1.82) is 0 Å². The molecule has 4 heterocycles. The number of aryl methyl sites for hydroxylation is 1. The molecule has 2 aromatic carbocycles. The van der Waals surface area contributed by atoms with Crippen molar-refractivity contribution in [3.05, 3.63) is 47.7 Å². The van der Waals surface area contributed by atoms with Gasteiger partial charge >= 0.3 is 6.01 Å². The molecule has 9 nitrogen and oxygen atoms in total. The molecule has 1 aliphatic carbocycles. The number of hydrogen-bond donors (Lipinski definition) is 2. The van der Waals surface area contributed by atoms with E-state index in [1.54, 1.807) is 6.07 Å². The predicted octanol–water partition coefficient (Wildman–Crippen LogP) is 5.23. The second-order valence-electron chi connectivity index (χ2n) is 12.8. The van der Waals surface area contributed by atoms with E-state index in [4.69, 9.17) is 14.5 Å². The summed E-state index contributed by atoms with van der Waals surface area (Å²) in [5.74, 6) is -0.806. The minimum Gasteiger partial charge on any atom is -0.508 e. The number of pyridine rings is 1. The zero-order valence-electron chi connectivity index (χ0n) is 25.7. The second-order valence-corrected chi connectivity index (χ2v) is 12.8. The summed E-state index contributed by atoms with van der Waals surface area (Å²) in [7, 11) is 2.17. The van der Waals surface area contributed by atoms with E-state index in [2.05, 4.69) is 21.9 Å². The number of fused-ring (bicyclic) bond motifs is 3. The zero-order valence-corrected chi connectivity index (χ0v) is 25.7. The minimum atomic E-state index is -0.754. The molecule has 2 saturated heterocycles. The molecule has 0 bridgehead atoms. The van der Waals surface area contributed by atoms with Gasteiger partial charge in [0.05, 0.1) is 31.3 Å². The topological polar surface area (TPSA) is 104 Å². The molecule has 0 amide bonds. The molecule has 3 aliphatic rings. The fourth-order valence-corrected chi connectivity index (χ4v) is 7.92. The molecular weight excluding hydrogens is 580 g/mol. The molecule has 0 spiro atoms. The Bertz CT molecular complexity index is 1760. The Labute approximate surface area is 260 Å². The van der Waals surface area contributed by atoms with Crippen molar-refractivity contribution in [1.82, 2.24) is 19.9 Å². The first-order valence-corrected chi connectivity index (χ1v) is 15.9. The standard InChI is InChI=1S/C34H39F2N5O4/c1-3-23-26(35)8-7-20-14-21(42)15-24(28(20)23)30-29(36)31-25(16-37-30)32(41-12-13-44-18-22(43)17-41)39-33(38-31)45-19-34-9-4-6-27(34)40(2)11-5-10-34/h7-8,14-16,22,27,42-43H,3-6,9-13,17-19H2,1-2H3. The first-order valence-electron chi connectivity index (χ1n) is 15.9. The molecule has 4 aromatic rings. The molecular formula is C34H39F2N5O4. The lowest BCUT2D eigenvalue weighted by Crippen LogP contribution is -2.50. The van der Waals surface area contributed by atoms with Gasteiger partial charge in [-0.1, -0.05) is 19.4 Å². The summed E-state index contributed by atoms with van der Waals surface area (Å²) >= 11 is 0. The van der Waals surface area contributed by atoms with Gasteiger partial charge in [0.25, 0.3) is 0 Å². The van der Waals surface area contributed by atoms with Crippen LogP contribution in [0, 0.1) is 17.0 Å². The van der Waals surface area contributed by atoms with Crippen LogP contribution in [0.25, 0.3) is 32.9 Å². The van der Waals surface area contributed by atoms with Crippen LogP contribution in [-0.2, 0) is 11.2 Å². The van der Waals surface area contributed by atoms with Crippen molar-refractivity contribution < 1.29 is 28.5 Å². The molecule has 45 heavy (non-hydrogen) atoms. The van der Waals surface area contributed by atoms with Gasteiger partial charge in [0.1, 0.15) is 28.6 Å². The van der Waals surface area contributed by atoms with Crippen LogP contribution < -0.4 is 9.64 Å². The summed E-state index contributed by atoms with van der Waals surface area (Å²) in [5, 5.41) is 22.5. The highest BCUT2D eigenvalue weighted by Crippen LogP contribution is 2.47. The molecule has 2 aliphatic heterocycles. The van der Waals surface area contributed by atoms with Gasteiger partial charge in [0.15, 0.2) is 5.82 Å². The predicted molar refractivity (Wildman–Crippen MR) is 168 cm³/mol. The van der Waals surface area contributed by atoms with Crippen LogP contribution in [0.1, 0.15) is 44.6 Å². The summed E-state index contributed by atoms with van der Waals surface area (Å²) < 4.78 is 43.7. The van der Waals surface area contributed by atoms with Crippen LogP contribution in [0.5, 0.6) is 11.8 Å². The van der Waals surface area contributed by atoms with Crippen LogP contribution in [0.15, 0.2) is 30.5 Å². The maximum atomic E-state index is 16.8. The van der Waals surface area contributed by atoms with Crippen molar-refractivity contribution in [2.24, 2.45) is 5.41 Å². The Balaban J connectivity index is 1.37. The molecule has 11 heteroatoms. The number of benzene rings is 2. The lowest BCUT2D eigenvalue weighted by Gasteiger charge is -2.44. The third kappa shape index (κ3) is 5.34. The minimum absolute atomic E-state index is 0.00633. The molecule has 2 aromatic heterocycles. The number of piperidine rings is 1. The summed E-state index contributed by atoms with van der Waals surface area (Å²) in [6, 6.07) is 6.36. The van der Waals surface area contributed by atoms with Crippen LogP contribution in [0.4, 0.5) is 14.6 Å². The third-order valence-electron chi connectivity index (χ3n) is 10.0. The number of anilines is 1. The number of β-amino-alcohol motifs (C(OH)–C–C–N with tert-alkyl or cyclic N) is 1.